The molecule has 0 unspecified atom stereocenters. The van der Waals surface area contributed by atoms with Gasteiger partial charge in [-0.05, 0) is 50.1 Å². The van der Waals surface area contributed by atoms with E-state index in [9.17, 15) is 9.18 Å². The first-order valence-corrected chi connectivity index (χ1v) is 7.02. The molecule has 0 atom stereocenters. The maximum Gasteiger partial charge on any atom is 0.277 e. The Morgan fingerprint density at radius 2 is 2.06 bits per heavy atom. The van der Waals surface area contributed by atoms with E-state index in [2.05, 4.69) is 63.3 Å². The number of nitrogens with zero attached hydrogens (tertiary/aromatic N) is 1. The van der Waals surface area contributed by atoms with Crippen LogP contribution in [0.2, 0.25) is 0 Å². The van der Waals surface area contributed by atoms with E-state index in [1.54, 1.807) is 6.07 Å². The molecule has 0 saturated heterocycles. The van der Waals surface area contributed by atoms with Crippen LogP contribution in [0.1, 0.15) is 10.5 Å². The summed E-state index contributed by atoms with van der Waals surface area (Å²) in [5.74, 6) is -1.03. The van der Waals surface area contributed by atoms with Gasteiger partial charge in [0.2, 0.25) is 0 Å². The standard InChI is InChI=1S/C10H5Br3FN3O/c11-4-1-2-6(5(14)3-4)15-10(18)8-7(12)9(13)17-16-8/h1-3H,(H,15,18)(H,16,17). The highest BCUT2D eigenvalue weighted by Gasteiger charge is 2.17. The summed E-state index contributed by atoms with van der Waals surface area (Å²) in [6, 6.07) is 4.37. The number of amides is 1. The van der Waals surface area contributed by atoms with Crippen molar-refractivity contribution in [2.24, 2.45) is 0 Å². The second-order valence-electron chi connectivity index (χ2n) is 3.28. The zero-order chi connectivity index (χ0) is 13.3. The highest BCUT2D eigenvalue weighted by Crippen LogP contribution is 2.25. The van der Waals surface area contributed by atoms with Gasteiger partial charge in [0.25, 0.3) is 5.91 Å². The fourth-order valence-electron chi connectivity index (χ4n) is 1.23. The van der Waals surface area contributed by atoms with Gasteiger partial charge in [0.05, 0.1) is 10.2 Å². The van der Waals surface area contributed by atoms with Gasteiger partial charge in [0.15, 0.2) is 5.69 Å². The SMILES string of the molecule is O=C(Nc1ccc(Br)cc1F)c1n[nH]c(Br)c1Br. The second-order valence-corrected chi connectivity index (χ2v) is 5.78. The van der Waals surface area contributed by atoms with Crippen molar-refractivity contribution in [3.05, 3.63) is 43.3 Å². The molecule has 2 N–H and O–H groups in total. The van der Waals surface area contributed by atoms with Gasteiger partial charge < -0.3 is 5.32 Å². The molecule has 0 radical (unpaired) electrons. The number of nitrogens with one attached hydrogen (secondary N) is 2. The first-order valence-electron chi connectivity index (χ1n) is 4.65. The lowest BCUT2D eigenvalue weighted by molar-refractivity contribution is 0.102. The Morgan fingerprint density at radius 1 is 1.33 bits per heavy atom. The lowest BCUT2D eigenvalue weighted by Crippen LogP contribution is -2.14. The number of hydrogen-bond donors (Lipinski definition) is 2. The van der Waals surface area contributed by atoms with Crippen LogP contribution in [0.3, 0.4) is 0 Å². The predicted octanol–water partition coefficient (Wildman–Crippen LogP) is 4.09. The summed E-state index contributed by atoms with van der Waals surface area (Å²) < 4.78 is 15.2. The van der Waals surface area contributed by atoms with Crippen LogP contribution in [0.5, 0.6) is 0 Å². The van der Waals surface area contributed by atoms with Crippen molar-refractivity contribution in [3.8, 4) is 0 Å². The minimum Gasteiger partial charge on any atom is -0.318 e. The normalized spacial score (nSPS) is 10.4. The molecule has 2 aromatic rings. The number of anilines is 1. The number of halogens is 4. The maximum absolute atomic E-state index is 13.5. The molecule has 18 heavy (non-hydrogen) atoms. The molecule has 1 aromatic carbocycles. The lowest BCUT2D eigenvalue weighted by Gasteiger charge is -2.05. The molecule has 0 bridgehead atoms. The lowest BCUT2D eigenvalue weighted by atomic mass is 10.3. The highest BCUT2D eigenvalue weighted by atomic mass is 79.9. The van der Waals surface area contributed by atoms with Gasteiger partial charge in [-0.15, -0.1) is 0 Å². The van der Waals surface area contributed by atoms with Crippen LogP contribution in [0, 0.1) is 5.82 Å². The van der Waals surface area contributed by atoms with E-state index >= 15 is 0 Å². The Morgan fingerprint density at radius 3 is 2.61 bits per heavy atom. The molecule has 1 amide bonds. The fourth-order valence-corrected chi connectivity index (χ4v) is 2.20. The van der Waals surface area contributed by atoms with Crippen LogP contribution in [0.4, 0.5) is 10.1 Å². The average molecular weight is 442 g/mol. The molecule has 94 valence electrons. The van der Waals surface area contributed by atoms with Crippen molar-refractivity contribution in [2.75, 3.05) is 5.32 Å². The zero-order valence-electron chi connectivity index (χ0n) is 8.60. The smallest absolute Gasteiger partial charge is 0.277 e. The number of aromatic nitrogens is 2. The minimum atomic E-state index is -0.525. The van der Waals surface area contributed by atoms with Gasteiger partial charge in [-0.25, -0.2) is 4.39 Å². The number of carbonyl (C=O) groups is 1. The molecule has 0 spiro atoms. The monoisotopic (exact) mass is 439 g/mol. The van der Waals surface area contributed by atoms with Crippen LogP contribution in [0.15, 0.2) is 31.7 Å². The van der Waals surface area contributed by atoms with Crippen molar-refractivity contribution in [1.82, 2.24) is 10.2 Å². The molecule has 8 heteroatoms. The van der Waals surface area contributed by atoms with Gasteiger partial charge in [-0.1, -0.05) is 15.9 Å². The van der Waals surface area contributed by atoms with E-state index in [4.69, 9.17) is 0 Å². The highest BCUT2D eigenvalue weighted by molar-refractivity contribution is 9.13. The Kier molecular flexibility index (Phi) is 4.18. The number of carbonyl (C=O) groups excluding carboxylic acids is 1. The van der Waals surface area contributed by atoms with Gasteiger partial charge in [-0.3, -0.25) is 9.89 Å². The largest absolute Gasteiger partial charge is 0.318 e. The Hall–Kier alpha value is -0.730. The third kappa shape index (κ3) is 2.81. The summed E-state index contributed by atoms with van der Waals surface area (Å²) >= 11 is 9.50. The summed E-state index contributed by atoms with van der Waals surface area (Å²) in [6.07, 6.45) is 0. The van der Waals surface area contributed by atoms with Crippen LogP contribution < -0.4 is 5.32 Å². The summed E-state index contributed by atoms with van der Waals surface area (Å²) in [5.41, 5.74) is 0.235. The molecule has 0 fully saturated rings. The number of benzene rings is 1. The quantitative estimate of drug-likeness (QED) is 0.737. The number of H-pyrrole nitrogens is 1. The fraction of sp³-hybridized carbons (Fsp3) is 0. The molecule has 0 aliphatic heterocycles. The summed E-state index contributed by atoms with van der Waals surface area (Å²) in [5, 5.41) is 8.82. The molecule has 1 aromatic heterocycles. The minimum absolute atomic E-state index is 0.0919. The van der Waals surface area contributed by atoms with E-state index in [-0.39, 0.29) is 11.4 Å². The average Bonchev–Trinajstić information content (AvgIpc) is 2.64. The molecule has 4 nitrogen and oxygen atoms in total. The molecular formula is C10H5Br3FN3O. The van der Waals surface area contributed by atoms with Crippen LogP contribution in [-0.2, 0) is 0 Å². The number of hydrogen-bond acceptors (Lipinski definition) is 2. The Labute approximate surface area is 127 Å². The Bertz CT molecular complexity index is 614. The molecule has 0 aliphatic rings. The predicted molar refractivity (Wildman–Crippen MR) is 76.0 cm³/mol. The van der Waals surface area contributed by atoms with Gasteiger partial charge in [0, 0.05) is 4.47 Å². The van der Waals surface area contributed by atoms with Crippen LogP contribution in [0.25, 0.3) is 0 Å². The molecular weight excluding hydrogens is 437 g/mol. The third-order valence-corrected chi connectivity index (χ3v) is 4.43. The summed E-state index contributed by atoms with van der Waals surface area (Å²) in [6.45, 7) is 0. The van der Waals surface area contributed by atoms with E-state index in [0.29, 0.717) is 13.5 Å². The Balaban J connectivity index is 2.24. The van der Waals surface area contributed by atoms with E-state index < -0.39 is 11.7 Å². The maximum atomic E-state index is 13.5. The first-order chi connectivity index (χ1) is 8.49. The van der Waals surface area contributed by atoms with Crippen molar-refractivity contribution in [1.29, 1.82) is 0 Å². The van der Waals surface area contributed by atoms with E-state index in [0.717, 1.165) is 0 Å². The topological polar surface area (TPSA) is 57.8 Å². The summed E-state index contributed by atoms with van der Waals surface area (Å²) in [4.78, 5) is 11.9. The van der Waals surface area contributed by atoms with Crippen molar-refractivity contribution >= 4 is 59.4 Å². The van der Waals surface area contributed by atoms with Crippen molar-refractivity contribution in [3.63, 3.8) is 0 Å². The van der Waals surface area contributed by atoms with Crippen molar-refractivity contribution in [2.45, 2.75) is 0 Å². The molecule has 0 saturated carbocycles. The molecule has 1 heterocycles. The summed E-state index contributed by atoms with van der Waals surface area (Å²) in [7, 11) is 0. The number of aromatic amines is 1. The van der Waals surface area contributed by atoms with Gasteiger partial charge >= 0.3 is 0 Å². The van der Waals surface area contributed by atoms with Gasteiger partial charge in [-0.2, -0.15) is 5.10 Å². The third-order valence-electron chi connectivity index (χ3n) is 2.06. The van der Waals surface area contributed by atoms with Crippen LogP contribution >= 0.6 is 47.8 Å². The van der Waals surface area contributed by atoms with E-state index in [1.165, 1.54) is 12.1 Å². The molecule has 0 aliphatic carbocycles. The van der Waals surface area contributed by atoms with Crippen molar-refractivity contribution < 1.29 is 9.18 Å². The van der Waals surface area contributed by atoms with Gasteiger partial charge in [0.1, 0.15) is 10.4 Å². The van der Waals surface area contributed by atoms with E-state index in [1.807, 2.05) is 0 Å². The molecule has 2 rings (SSSR count). The first kappa shape index (κ1) is 13.7. The number of rotatable bonds is 2. The second kappa shape index (κ2) is 5.50. The van der Waals surface area contributed by atoms with Crippen LogP contribution in [-0.4, -0.2) is 16.1 Å². The zero-order valence-corrected chi connectivity index (χ0v) is 13.4.